The Morgan fingerprint density at radius 3 is 2.30 bits per heavy atom. The van der Waals surface area contributed by atoms with E-state index in [4.69, 9.17) is 10.5 Å². The lowest BCUT2D eigenvalue weighted by Gasteiger charge is -2.31. The third kappa shape index (κ3) is 7.36. The van der Waals surface area contributed by atoms with Crippen LogP contribution >= 0.6 is 0 Å². The highest BCUT2D eigenvalue weighted by atomic mass is 16.5. The molecule has 0 amide bonds. The molecule has 0 heterocycles. The number of aryl methyl sites for hydroxylation is 1. The summed E-state index contributed by atoms with van der Waals surface area (Å²) in [4.78, 5) is 0. The smallest absolute Gasteiger partial charge is 0.119 e. The standard InChI is InChI=1S/C24H35NO2/c1-3-4-5-6-10-19-27-22-15-13-20(14-16-22)17-18-24(2,25)23(26)21-11-8-7-9-12-21/h7-9,11-16,23,26H,3-6,10,17-19,25H2,1-2H3/t23-,24+/m0/s1. The molecule has 0 aliphatic heterocycles. The van der Waals surface area contributed by atoms with Gasteiger partial charge < -0.3 is 15.6 Å². The summed E-state index contributed by atoms with van der Waals surface area (Å²) in [7, 11) is 0. The van der Waals surface area contributed by atoms with Crippen molar-refractivity contribution in [3.63, 3.8) is 0 Å². The predicted molar refractivity (Wildman–Crippen MR) is 113 cm³/mol. The third-order valence-corrected chi connectivity index (χ3v) is 5.13. The fraction of sp³-hybridized carbons (Fsp3) is 0.500. The zero-order valence-corrected chi connectivity index (χ0v) is 16.9. The van der Waals surface area contributed by atoms with E-state index in [1.165, 1.54) is 31.2 Å². The van der Waals surface area contributed by atoms with Crippen molar-refractivity contribution in [1.82, 2.24) is 0 Å². The molecule has 0 spiro atoms. The molecule has 3 nitrogen and oxygen atoms in total. The average Bonchev–Trinajstić information content (AvgIpc) is 2.70. The highest BCUT2D eigenvalue weighted by molar-refractivity contribution is 5.28. The molecular formula is C24H35NO2. The molecule has 0 saturated carbocycles. The molecule has 0 radical (unpaired) electrons. The van der Waals surface area contributed by atoms with Gasteiger partial charge in [0.25, 0.3) is 0 Å². The van der Waals surface area contributed by atoms with Crippen molar-refractivity contribution in [3.8, 4) is 5.75 Å². The summed E-state index contributed by atoms with van der Waals surface area (Å²) in [6, 6.07) is 17.9. The van der Waals surface area contributed by atoms with Crippen LogP contribution in [0.15, 0.2) is 54.6 Å². The van der Waals surface area contributed by atoms with Gasteiger partial charge in [0.05, 0.1) is 12.7 Å². The molecule has 0 saturated heterocycles. The Bertz CT molecular complexity index is 637. The number of hydrogen-bond donors (Lipinski definition) is 2. The van der Waals surface area contributed by atoms with Crippen LogP contribution in [0.5, 0.6) is 5.75 Å². The number of nitrogens with two attached hydrogens (primary N) is 1. The molecule has 3 N–H and O–H groups in total. The Hall–Kier alpha value is -1.84. The SMILES string of the molecule is CCCCCCCOc1ccc(CC[C@@](C)(N)[C@@H](O)c2ccccc2)cc1. The van der Waals surface area contributed by atoms with Crippen molar-refractivity contribution >= 4 is 0 Å². The second kappa shape index (κ2) is 11.1. The fourth-order valence-corrected chi connectivity index (χ4v) is 3.21. The molecule has 0 unspecified atom stereocenters. The first-order valence-corrected chi connectivity index (χ1v) is 10.3. The quantitative estimate of drug-likeness (QED) is 0.491. The number of benzene rings is 2. The number of hydrogen-bond acceptors (Lipinski definition) is 3. The normalized spacial score (nSPS) is 14.5. The van der Waals surface area contributed by atoms with Gasteiger partial charge in [-0.3, -0.25) is 0 Å². The van der Waals surface area contributed by atoms with Crippen LogP contribution in [0.25, 0.3) is 0 Å². The molecule has 0 aromatic heterocycles. The van der Waals surface area contributed by atoms with E-state index in [0.29, 0.717) is 6.42 Å². The minimum Gasteiger partial charge on any atom is -0.494 e. The second-order valence-electron chi connectivity index (χ2n) is 7.73. The maximum Gasteiger partial charge on any atom is 0.119 e. The molecule has 27 heavy (non-hydrogen) atoms. The van der Waals surface area contributed by atoms with E-state index in [0.717, 1.165) is 30.8 Å². The molecule has 3 heteroatoms. The number of aliphatic hydroxyl groups excluding tert-OH is 1. The summed E-state index contributed by atoms with van der Waals surface area (Å²) in [6.07, 6.45) is 7.10. The van der Waals surface area contributed by atoms with Gasteiger partial charge >= 0.3 is 0 Å². The fourth-order valence-electron chi connectivity index (χ4n) is 3.21. The summed E-state index contributed by atoms with van der Waals surface area (Å²) in [6.45, 7) is 4.93. The molecule has 0 fully saturated rings. The second-order valence-corrected chi connectivity index (χ2v) is 7.73. The average molecular weight is 370 g/mol. The van der Waals surface area contributed by atoms with Gasteiger partial charge in [-0.05, 0) is 49.4 Å². The van der Waals surface area contributed by atoms with Crippen molar-refractivity contribution in [2.45, 2.75) is 70.4 Å². The molecule has 0 aliphatic rings. The first-order chi connectivity index (χ1) is 13.0. The van der Waals surface area contributed by atoms with E-state index in [1.54, 1.807) is 0 Å². The van der Waals surface area contributed by atoms with E-state index in [9.17, 15) is 5.11 Å². The lowest BCUT2D eigenvalue weighted by Crippen LogP contribution is -2.43. The van der Waals surface area contributed by atoms with E-state index < -0.39 is 11.6 Å². The molecule has 2 aromatic carbocycles. The molecule has 148 valence electrons. The van der Waals surface area contributed by atoms with E-state index in [1.807, 2.05) is 49.4 Å². The van der Waals surface area contributed by atoms with Gasteiger partial charge in [0.1, 0.15) is 5.75 Å². The summed E-state index contributed by atoms with van der Waals surface area (Å²) in [5.41, 5.74) is 7.82. The summed E-state index contributed by atoms with van der Waals surface area (Å²) in [5, 5.41) is 10.6. The predicted octanol–water partition coefficient (Wildman–Crippen LogP) is 5.42. The first kappa shape index (κ1) is 21.5. The van der Waals surface area contributed by atoms with Crippen molar-refractivity contribution < 1.29 is 9.84 Å². The van der Waals surface area contributed by atoms with Gasteiger partial charge in [0.2, 0.25) is 0 Å². The monoisotopic (exact) mass is 369 g/mol. The van der Waals surface area contributed by atoms with Crippen LogP contribution in [0.1, 0.15) is 69.6 Å². The number of aliphatic hydroxyl groups is 1. The number of rotatable bonds is 12. The Labute approximate surface area is 164 Å². The van der Waals surface area contributed by atoms with Crippen molar-refractivity contribution in [2.75, 3.05) is 6.61 Å². The largest absolute Gasteiger partial charge is 0.494 e. The van der Waals surface area contributed by atoms with Crippen molar-refractivity contribution in [2.24, 2.45) is 5.73 Å². The minimum atomic E-state index is -0.672. The lowest BCUT2D eigenvalue weighted by molar-refractivity contribution is 0.0888. The minimum absolute atomic E-state index is 0.672. The highest BCUT2D eigenvalue weighted by Gasteiger charge is 2.29. The van der Waals surface area contributed by atoms with Crippen LogP contribution in [0.2, 0.25) is 0 Å². The van der Waals surface area contributed by atoms with E-state index in [2.05, 4.69) is 19.1 Å². The maximum atomic E-state index is 10.6. The molecule has 0 aliphatic carbocycles. The molecule has 2 atom stereocenters. The summed E-state index contributed by atoms with van der Waals surface area (Å²) < 4.78 is 5.82. The van der Waals surface area contributed by atoms with Crippen LogP contribution in [0.3, 0.4) is 0 Å². The lowest BCUT2D eigenvalue weighted by atomic mass is 9.85. The van der Waals surface area contributed by atoms with Gasteiger partial charge in [0.15, 0.2) is 0 Å². The summed E-state index contributed by atoms with van der Waals surface area (Å²) >= 11 is 0. The van der Waals surface area contributed by atoms with Crippen LogP contribution in [0.4, 0.5) is 0 Å². The Balaban J connectivity index is 1.77. The Morgan fingerprint density at radius 2 is 1.63 bits per heavy atom. The van der Waals surface area contributed by atoms with Gasteiger partial charge in [-0.2, -0.15) is 0 Å². The van der Waals surface area contributed by atoms with E-state index in [-0.39, 0.29) is 0 Å². The molecular weight excluding hydrogens is 334 g/mol. The third-order valence-electron chi connectivity index (χ3n) is 5.13. The molecule has 2 aromatic rings. The topological polar surface area (TPSA) is 55.5 Å². The zero-order chi connectivity index (χ0) is 19.5. The number of unbranched alkanes of at least 4 members (excludes halogenated alkanes) is 4. The first-order valence-electron chi connectivity index (χ1n) is 10.3. The Kier molecular flexibility index (Phi) is 8.83. The maximum absolute atomic E-state index is 10.6. The van der Waals surface area contributed by atoms with E-state index >= 15 is 0 Å². The molecule has 0 bridgehead atoms. The number of ether oxygens (including phenoxy) is 1. The van der Waals surface area contributed by atoms with Gasteiger partial charge in [0, 0.05) is 5.54 Å². The van der Waals surface area contributed by atoms with Crippen LogP contribution in [-0.2, 0) is 6.42 Å². The van der Waals surface area contributed by atoms with Crippen LogP contribution < -0.4 is 10.5 Å². The van der Waals surface area contributed by atoms with Gasteiger partial charge in [-0.15, -0.1) is 0 Å². The summed E-state index contributed by atoms with van der Waals surface area (Å²) in [5.74, 6) is 0.925. The van der Waals surface area contributed by atoms with Gasteiger partial charge in [-0.1, -0.05) is 75.1 Å². The van der Waals surface area contributed by atoms with Gasteiger partial charge in [-0.25, -0.2) is 0 Å². The highest BCUT2D eigenvalue weighted by Crippen LogP contribution is 2.28. The zero-order valence-electron chi connectivity index (χ0n) is 16.9. The molecule has 2 rings (SSSR count). The van der Waals surface area contributed by atoms with Crippen LogP contribution in [0, 0.1) is 0 Å². The van der Waals surface area contributed by atoms with Crippen molar-refractivity contribution in [1.29, 1.82) is 0 Å². The Morgan fingerprint density at radius 1 is 0.963 bits per heavy atom. The van der Waals surface area contributed by atoms with Crippen LogP contribution in [-0.4, -0.2) is 17.3 Å². The van der Waals surface area contributed by atoms with Crippen molar-refractivity contribution in [3.05, 3.63) is 65.7 Å².